The lowest BCUT2D eigenvalue weighted by molar-refractivity contribution is 0.00202. The second-order valence-corrected chi connectivity index (χ2v) is 8.09. The Labute approximate surface area is 175 Å². The fourth-order valence-electron chi connectivity index (χ4n) is 4.57. The van der Waals surface area contributed by atoms with Crippen molar-refractivity contribution in [3.63, 3.8) is 0 Å². The first-order chi connectivity index (χ1) is 14.2. The fourth-order valence-corrected chi connectivity index (χ4v) is 4.70. The van der Waals surface area contributed by atoms with Gasteiger partial charge >= 0.3 is 6.03 Å². The Morgan fingerprint density at radius 3 is 2.14 bits per heavy atom. The van der Waals surface area contributed by atoms with Crippen LogP contribution < -0.4 is 10.6 Å². The maximum atomic E-state index is 12.9. The molecule has 0 aliphatic carbocycles. The van der Waals surface area contributed by atoms with Crippen molar-refractivity contribution in [3.8, 4) is 11.1 Å². The molecule has 2 aliphatic rings. The van der Waals surface area contributed by atoms with Crippen LogP contribution in [0.15, 0.2) is 78.9 Å². The molecule has 1 unspecified atom stereocenters. The maximum absolute atomic E-state index is 12.9. The number of carbonyl (C=O) groups excluding carboxylic acids is 1. The smallest absolute Gasteiger partial charge is 0.315 e. The average molecular weight is 404 g/mol. The summed E-state index contributed by atoms with van der Waals surface area (Å²) in [6.07, 6.45) is 0. The van der Waals surface area contributed by atoms with Crippen LogP contribution in [0.5, 0.6) is 0 Å². The van der Waals surface area contributed by atoms with Gasteiger partial charge in [0.25, 0.3) is 0 Å². The van der Waals surface area contributed by atoms with Gasteiger partial charge in [-0.05, 0) is 41.0 Å². The number of nitrogens with zero attached hydrogens (tertiary/aromatic N) is 1. The van der Waals surface area contributed by atoms with E-state index in [0.29, 0.717) is 10.9 Å². The van der Waals surface area contributed by atoms with Crippen molar-refractivity contribution in [1.82, 2.24) is 10.2 Å². The third-order valence-corrected chi connectivity index (χ3v) is 6.24. The van der Waals surface area contributed by atoms with Crippen molar-refractivity contribution in [1.29, 1.82) is 0 Å². The number of fused-ring (bicyclic) bond motifs is 2. The lowest BCUT2D eigenvalue weighted by atomic mass is 9.72. The largest absolute Gasteiger partial charge is 0.322 e. The first-order valence-corrected chi connectivity index (χ1v) is 10.3. The zero-order valence-corrected chi connectivity index (χ0v) is 16.6. The number of hydrogen-bond donors (Lipinski definition) is 2. The Bertz CT molecular complexity index is 993. The number of anilines is 1. The van der Waals surface area contributed by atoms with Crippen molar-refractivity contribution in [3.05, 3.63) is 89.4 Å². The van der Waals surface area contributed by atoms with Gasteiger partial charge in [-0.3, -0.25) is 0 Å². The topological polar surface area (TPSA) is 44.4 Å². The van der Waals surface area contributed by atoms with Crippen LogP contribution in [-0.2, 0) is 0 Å². The summed E-state index contributed by atoms with van der Waals surface area (Å²) in [5, 5.41) is 7.10. The molecule has 2 amide bonds. The van der Waals surface area contributed by atoms with Gasteiger partial charge in [0.2, 0.25) is 0 Å². The lowest BCUT2D eigenvalue weighted by Crippen LogP contribution is -2.74. The number of carbonyl (C=O) groups is 1. The van der Waals surface area contributed by atoms with E-state index in [1.165, 1.54) is 16.7 Å². The second kappa shape index (κ2) is 7.54. The summed E-state index contributed by atoms with van der Waals surface area (Å²) in [7, 11) is 0. The minimum atomic E-state index is -0.0408. The van der Waals surface area contributed by atoms with Crippen molar-refractivity contribution >= 4 is 23.3 Å². The van der Waals surface area contributed by atoms with Gasteiger partial charge in [-0.2, -0.15) is 0 Å². The zero-order chi connectivity index (χ0) is 19.8. The number of nitrogens with one attached hydrogen (secondary N) is 2. The van der Waals surface area contributed by atoms with Gasteiger partial charge in [0.05, 0.1) is 12.1 Å². The van der Waals surface area contributed by atoms with Crippen LogP contribution in [0.4, 0.5) is 10.5 Å². The van der Waals surface area contributed by atoms with E-state index in [2.05, 4.69) is 59.2 Å². The van der Waals surface area contributed by atoms with Gasteiger partial charge in [0, 0.05) is 29.7 Å². The minimum Gasteiger partial charge on any atom is -0.315 e. The van der Waals surface area contributed by atoms with Gasteiger partial charge in [-0.1, -0.05) is 66.2 Å². The number of piperazine rings is 1. The monoisotopic (exact) mass is 403 g/mol. The second-order valence-electron chi connectivity index (χ2n) is 7.65. The highest BCUT2D eigenvalue weighted by atomic mass is 35.5. The van der Waals surface area contributed by atoms with Crippen LogP contribution in [0, 0.1) is 0 Å². The summed E-state index contributed by atoms with van der Waals surface area (Å²) in [6, 6.07) is 26.7. The molecule has 2 aliphatic heterocycles. The van der Waals surface area contributed by atoms with E-state index >= 15 is 0 Å². The summed E-state index contributed by atoms with van der Waals surface area (Å²) < 4.78 is 0. The number of piperidine rings is 1. The molecule has 0 saturated carbocycles. The summed E-state index contributed by atoms with van der Waals surface area (Å²) in [4.78, 5) is 14.9. The number of hydrogen-bond acceptors (Lipinski definition) is 2. The van der Waals surface area contributed by atoms with Crippen molar-refractivity contribution in [2.24, 2.45) is 0 Å². The Morgan fingerprint density at radius 2 is 1.48 bits per heavy atom. The van der Waals surface area contributed by atoms with Crippen LogP contribution in [0.3, 0.4) is 0 Å². The summed E-state index contributed by atoms with van der Waals surface area (Å²) in [6.45, 7) is 1.63. The molecule has 5 rings (SSSR count). The van der Waals surface area contributed by atoms with E-state index in [4.69, 9.17) is 11.6 Å². The number of benzene rings is 3. The fraction of sp³-hybridized carbons (Fsp3) is 0.208. The molecule has 3 aromatic rings. The van der Waals surface area contributed by atoms with Crippen LogP contribution >= 0.6 is 11.6 Å². The molecule has 2 N–H and O–H groups in total. The van der Waals surface area contributed by atoms with E-state index in [0.717, 1.165) is 18.8 Å². The molecule has 4 nitrogen and oxygen atoms in total. The van der Waals surface area contributed by atoms with Gasteiger partial charge < -0.3 is 15.5 Å². The molecule has 3 atom stereocenters. The molecule has 2 bridgehead atoms. The van der Waals surface area contributed by atoms with E-state index in [1.54, 1.807) is 12.1 Å². The van der Waals surface area contributed by atoms with Crippen molar-refractivity contribution in [2.45, 2.75) is 18.0 Å². The van der Waals surface area contributed by atoms with E-state index < -0.39 is 0 Å². The van der Waals surface area contributed by atoms with Crippen LogP contribution in [0.25, 0.3) is 11.1 Å². The highest BCUT2D eigenvalue weighted by molar-refractivity contribution is 6.30. The van der Waals surface area contributed by atoms with E-state index in [-0.39, 0.29) is 18.1 Å². The van der Waals surface area contributed by atoms with Gasteiger partial charge in [0.1, 0.15) is 0 Å². The Hall–Kier alpha value is -2.82. The molecule has 2 heterocycles. The highest BCUT2D eigenvalue weighted by Crippen LogP contribution is 2.43. The lowest BCUT2D eigenvalue weighted by Gasteiger charge is -2.59. The molecular formula is C24H22ClN3O. The molecule has 29 heavy (non-hydrogen) atoms. The summed E-state index contributed by atoms with van der Waals surface area (Å²) >= 11 is 5.93. The predicted octanol–water partition coefficient (Wildman–Crippen LogP) is 4.98. The highest BCUT2D eigenvalue weighted by Gasteiger charge is 2.53. The van der Waals surface area contributed by atoms with E-state index in [1.807, 2.05) is 23.1 Å². The molecule has 2 saturated heterocycles. The molecule has 0 aromatic heterocycles. The van der Waals surface area contributed by atoms with Crippen molar-refractivity contribution < 1.29 is 4.79 Å². The standard InChI is InChI=1S/C24H22ClN3O/c25-19-10-12-20(13-11-19)27-24(29)28-21-14-26-15-22(28)23(21)18-8-6-17(7-9-18)16-4-2-1-3-5-16/h1-13,21-23,26H,14-15H2,(H,27,29)/t21-,22+,23?. The van der Waals surface area contributed by atoms with Crippen LogP contribution in [0.1, 0.15) is 11.5 Å². The molecule has 0 spiro atoms. The first kappa shape index (κ1) is 18.2. The summed E-state index contributed by atoms with van der Waals surface area (Å²) in [5.74, 6) is 0.372. The third kappa shape index (κ3) is 3.39. The Morgan fingerprint density at radius 1 is 0.862 bits per heavy atom. The van der Waals surface area contributed by atoms with Gasteiger partial charge in [0.15, 0.2) is 0 Å². The number of rotatable bonds is 3. The van der Waals surface area contributed by atoms with Gasteiger partial charge in [-0.15, -0.1) is 0 Å². The van der Waals surface area contributed by atoms with Crippen molar-refractivity contribution in [2.75, 3.05) is 18.4 Å². The SMILES string of the molecule is O=C(Nc1ccc(Cl)cc1)N1[C@@H]2CNC[C@H]1C2c1ccc(-c2ccccc2)cc1. The molecule has 3 aromatic carbocycles. The van der Waals surface area contributed by atoms with Crippen LogP contribution in [0.2, 0.25) is 5.02 Å². The van der Waals surface area contributed by atoms with Crippen LogP contribution in [-0.4, -0.2) is 36.1 Å². The maximum Gasteiger partial charge on any atom is 0.322 e. The molecule has 2 fully saturated rings. The molecule has 146 valence electrons. The normalized spacial score (nSPS) is 22.7. The van der Waals surface area contributed by atoms with Gasteiger partial charge in [-0.25, -0.2) is 4.79 Å². The number of urea groups is 1. The Kier molecular flexibility index (Phi) is 4.74. The van der Waals surface area contributed by atoms with E-state index in [9.17, 15) is 4.79 Å². The quantitative estimate of drug-likeness (QED) is 0.647. The first-order valence-electron chi connectivity index (χ1n) is 9.92. The Balaban J connectivity index is 1.31. The zero-order valence-electron chi connectivity index (χ0n) is 15.9. The predicted molar refractivity (Wildman–Crippen MR) is 117 cm³/mol. The number of amides is 2. The minimum absolute atomic E-state index is 0.0408. The number of halogens is 1. The summed E-state index contributed by atoms with van der Waals surface area (Å²) in [5.41, 5.74) is 4.51. The average Bonchev–Trinajstić information content (AvgIpc) is 2.77. The molecule has 0 radical (unpaired) electrons. The molecular weight excluding hydrogens is 382 g/mol. The third-order valence-electron chi connectivity index (χ3n) is 5.98. The molecule has 5 heteroatoms.